The summed E-state index contributed by atoms with van der Waals surface area (Å²) in [5.74, 6) is 0.987. The Balaban J connectivity index is 0. The van der Waals surface area contributed by atoms with Gasteiger partial charge in [0.25, 0.3) is 0 Å². The predicted octanol–water partition coefficient (Wildman–Crippen LogP) is 6.84. The molecule has 1 saturated carbocycles. The van der Waals surface area contributed by atoms with Crippen molar-refractivity contribution in [3.05, 3.63) is 0 Å². The van der Waals surface area contributed by atoms with Crippen molar-refractivity contribution in [2.24, 2.45) is 11.3 Å². The monoisotopic (exact) mass is 242 g/mol. The van der Waals surface area contributed by atoms with E-state index in [9.17, 15) is 0 Å². The summed E-state index contributed by atoms with van der Waals surface area (Å²) in [6.45, 7) is 15.2. The van der Waals surface area contributed by atoms with Crippen molar-refractivity contribution in [3.63, 3.8) is 0 Å². The van der Waals surface area contributed by atoms with Crippen LogP contribution in [0.1, 0.15) is 99.8 Å². The van der Waals surface area contributed by atoms with Crippen LogP contribution in [0.4, 0.5) is 0 Å². The molecule has 0 aliphatic heterocycles. The van der Waals surface area contributed by atoms with Crippen LogP contribution in [0, 0.1) is 11.3 Å². The number of hydrogen-bond acceptors (Lipinski definition) is 0. The fourth-order valence-electron chi connectivity index (χ4n) is 3.34. The van der Waals surface area contributed by atoms with Crippen molar-refractivity contribution < 1.29 is 0 Å². The van der Waals surface area contributed by atoms with E-state index < -0.39 is 0 Å². The molecule has 0 nitrogen and oxygen atoms in total. The zero-order valence-corrected chi connectivity index (χ0v) is 13.7. The van der Waals surface area contributed by atoms with Gasteiger partial charge in [0.1, 0.15) is 0 Å². The fraction of sp³-hybridized carbons (Fsp3) is 1.00. The van der Waals surface area contributed by atoms with Gasteiger partial charge in [-0.2, -0.15) is 0 Å². The van der Waals surface area contributed by atoms with Crippen LogP contribution in [0.25, 0.3) is 0 Å². The molecule has 17 heavy (non-hydrogen) atoms. The summed E-state index contributed by atoms with van der Waals surface area (Å²) < 4.78 is 0. The van der Waals surface area contributed by atoms with Crippen LogP contribution in [0.5, 0.6) is 0 Å². The van der Waals surface area contributed by atoms with Crippen LogP contribution < -0.4 is 0 Å². The Kier molecular flexibility index (Phi) is 14.2. The first-order valence-corrected chi connectivity index (χ1v) is 8.25. The molecule has 1 fully saturated rings. The number of rotatable bonds is 4. The molecule has 1 aliphatic rings. The van der Waals surface area contributed by atoms with Crippen molar-refractivity contribution >= 4 is 0 Å². The van der Waals surface area contributed by atoms with Crippen molar-refractivity contribution in [3.8, 4) is 0 Å². The second kappa shape index (κ2) is 12.5. The van der Waals surface area contributed by atoms with Crippen LogP contribution in [0.3, 0.4) is 0 Å². The molecule has 0 radical (unpaired) electrons. The molecular formula is C17H38. The molecule has 1 atom stereocenters. The Bertz CT molecular complexity index is 125. The third-order valence-corrected chi connectivity index (χ3v) is 4.10. The molecule has 0 saturated heterocycles. The molecule has 1 aliphatic carbocycles. The first kappa shape index (κ1) is 19.3. The highest BCUT2D eigenvalue weighted by Gasteiger charge is 2.35. The minimum atomic E-state index is 0.738. The Labute approximate surface area is 112 Å². The zero-order valence-electron chi connectivity index (χ0n) is 13.7. The summed E-state index contributed by atoms with van der Waals surface area (Å²) in [4.78, 5) is 0. The highest BCUT2D eigenvalue weighted by molar-refractivity contribution is 4.87. The second-order valence-electron chi connectivity index (χ2n) is 5.01. The molecule has 0 bridgehead atoms. The Morgan fingerprint density at radius 1 is 0.882 bits per heavy atom. The number of hydrogen-bond donors (Lipinski definition) is 0. The van der Waals surface area contributed by atoms with E-state index in [2.05, 4.69) is 20.8 Å². The lowest BCUT2D eigenvalue weighted by atomic mass is 9.62. The normalized spacial score (nSPS) is 21.7. The summed E-state index contributed by atoms with van der Waals surface area (Å²) in [5.41, 5.74) is 0.738. The maximum Gasteiger partial charge on any atom is -0.0272 e. The van der Waals surface area contributed by atoms with Crippen LogP contribution in [0.2, 0.25) is 0 Å². The smallest absolute Gasteiger partial charge is 0.0272 e. The molecule has 106 valence electrons. The van der Waals surface area contributed by atoms with E-state index in [1.54, 1.807) is 0 Å². The lowest BCUT2D eigenvalue weighted by Crippen LogP contribution is -2.31. The van der Waals surface area contributed by atoms with Gasteiger partial charge in [-0.25, -0.2) is 0 Å². The van der Waals surface area contributed by atoms with Gasteiger partial charge in [0.2, 0.25) is 0 Å². The van der Waals surface area contributed by atoms with Gasteiger partial charge in [0, 0.05) is 0 Å². The highest BCUT2D eigenvalue weighted by atomic mass is 14.4. The van der Waals surface area contributed by atoms with Crippen LogP contribution in [0.15, 0.2) is 0 Å². The van der Waals surface area contributed by atoms with E-state index in [-0.39, 0.29) is 0 Å². The Morgan fingerprint density at radius 2 is 1.35 bits per heavy atom. The molecule has 0 amide bonds. The summed E-state index contributed by atoms with van der Waals surface area (Å²) in [6, 6.07) is 0. The van der Waals surface area contributed by atoms with E-state index in [1.807, 2.05) is 27.7 Å². The van der Waals surface area contributed by atoms with E-state index in [4.69, 9.17) is 0 Å². The molecule has 0 aromatic rings. The summed E-state index contributed by atoms with van der Waals surface area (Å²) >= 11 is 0. The topological polar surface area (TPSA) is 0 Å². The van der Waals surface area contributed by atoms with Crippen molar-refractivity contribution in [2.75, 3.05) is 0 Å². The predicted molar refractivity (Wildman–Crippen MR) is 82.6 cm³/mol. The van der Waals surface area contributed by atoms with Gasteiger partial charge in [0.05, 0.1) is 0 Å². The van der Waals surface area contributed by atoms with Crippen molar-refractivity contribution in [1.29, 1.82) is 0 Å². The second-order valence-corrected chi connectivity index (χ2v) is 5.01. The third kappa shape index (κ3) is 6.48. The van der Waals surface area contributed by atoms with E-state index in [0.717, 1.165) is 11.3 Å². The maximum absolute atomic E-state index is 2.49. The van der Waals surface area contributed by atoms with Gasteiger partial charge >= 0.3 is 0 Å². The minimum absolute atomic E-state index is 0.738. The molecule has 0 aromatic heterocycles. The molecule has 0 aromatic carbocycles. The van der Waals surface area contributed by atoms with Gasteiger partial charge in [-0.1, -0.05) is 80.6 Å². The minimum Gasteiger partial charge on any atom is -0.0683 e. The van der Waals surface area contributed by atoms with Crippen LogP contribution in [-0.4, -0.2) is 0 Å². The SMILES string of the molecule is CC.CC.CCCC1(CCC)CCCCC1C. The maximum atomic E-state index is 2.49. The zero-order chi connectivity index (χ0) is 13.7. The summed E-state index contributed by atoms with van der Waals surface area (Å²) in [6.07, 6.45) is 11.7. The molecule has 0 heteroatoms. The first-order chi connectivity index (χ1) is 8.25. The highest BCUT2D eigenvalue weighted by Crippen LogP contribution is 2.47. The van der Waals surface area contributed by atoms with E-state index in [1.165, 1.54) is 51.4 Å². The van der Waals surface area contributed by atoms with Gasteiger partial charge in [-0.15, -0.1) is 0 Å². The Hall–Kier alpha value is 0. The molecule has 0 spiro atoms. The van der Waals surface area contributed by atoms with Gasteiger partial charge in [-0.05, 0) is 30.6 Å². The lowest BCUT2D eigenvalue weighted by Gasteiger charge is -2.43. The van der Waals surface area contributed by atoms with Crippen molar-refractivity contribution in [1.82, 2.24) is 0 Å². The molecule has 1 rings (SSSR count). The van der Waals surface area contributed by atoms with E-state index in [0.29, 0.717) is 0 Å². The quantitative estimate of drug-likeness (QED) is 0.506. The van der Waals surface area contributed by atoms with Crippen molar-refractivity contribution in [2.45, 2.75) is 99.8 Å². The Morgan fingerprint density at radius 3 is 1.71 bits per heavy atom. The molecule has 0 heterocycles. The first-order valence-electron chi connectivity index (χ1n) is 8.25. The summed E-state index contributed by atoms with van der Waals surface area (Å²) in [5, 5.41) is 0. The van der Waals surface area contributed by atoms with Crippen LogP contribution in [-0.2, 0) is 0 Å². The van der Waals surface area contributed by atoms with Gasteiger partial charge < -0.3 is 0 Å². The van der Waals surface area contributed by atoms with Gasteiger partial charge in [0.15, 0.2) is 0 Å². The summed E-state index contributed by atoms with van der Waals surface area (Å²) in [7, 11) is 0. The average molecular weight is 242 g/mol. The fourth-order valence-corrected chi connectivity index (χ4v) is 3.34. The van der Waals surface area contributed by atoms with Gasteiger partial charge in [-0.3, -0.25) is 0 Å². The molecule has 1 unspecified atom stereocenters. The average Bonchev–Trinajstić information content (AvgIpc) is 2.39. The standard InChI is InChI=1S/C13H26.2C2H6/c1-4-9-13(10-5-2)11-7-6-8-12(13)3;2*1-2/h12H,4-11H2,1-3H3;2*1-2H3. The lowest BCUT2D eigenvalue weighted by molar-refractivity contribution is 0.0817. The largest absolute Gasteiger partial charge is 0.0683 e. The molecular weight excluding hydrogens is 204 g/mol. The molecule has 0 N–H and O–H groups in total. The van der Waals surface area contributed by atoms with E-state index >= 15 is 0 Å². The third-order valence-electron chi connectivity index (χ3n) is 4.10. The van der Waals surface area contributed by atoms with Crippen LogP contribution >= 0.6 is 0 Å².